The number of nitrogens with zero attached hydrogens (tertiary/aromatic N) is 6. The van der Waals surface area contributed by atoms with E-state index in [2.05, 4.69) is 26.0 Å². The first-order valence-corrected chi connectivity index (χ1v) is 8.50. The number of fused-ring (bicyclic) bond motifs is 1. The fourth-order valence-corrected chi connectivity index (χ4v) is 3.34. The van der Waals surface area contributed by atoms with Gasteiger partial charge in [0.05, 0.1) is 29.3 Å². The predicted molar refractivity (Wildman–Crippen MR) is 97.7 cm³/mol. The second-order valence-corrected chi connectivity index (χ2v) is 6.66. The number of rotatable bonds is 3. The third kappa shape index (κ3) is 3.15. The number of hydrogen-bond acceptors (Lipinski definition) is 5. The van der Waals surface area contributed by atoms with Crippen molar-refractivity contribution in [1.82, 2.24) is 24.0 Å². The second-order valence-electron chi connectivity index (χ2n) is 6.66. The van der Waals surface area contributed by atoms with Crippen molar-refractivity contribution in [3.05, 3.63) is 53.1 Å². The Morgan fingerprint density at radius 1 is 1.04 bits per heavy atom. The monoisotopic (exact) mass is 338 g/mol. The van der Waals surface area contributed by atoms with E-state index < -0.39 is 0 Å². The number of imidazole rings is 1. The van der Waals surface area contributed by atoms with Crippen molar-refractivity contribution >= 4 is 16.6 Å². The lowest BCUT2D eigenvalue weighted by Crippen LogP contribution is -2.46. The van der Waals surface area contributed by atoms with Gasteiger partial charge >= 0.3 is 0 Å². The molecule has 0 amide bonds. The van der Waals surface area contributed by atoms with Gasteiger partial charge in [-0.25, -0.2) is 9.97 Å². The SMILES string of the molecule is Cn1cnc(CN2CCN(c3ccc4c(=O)n(C)cnc4c3)CC2)c1. The fourth-order valence-electron chi connectivity index (χ4n) is 3.34. The van der Waals surface area contributed by atoms with E-state index >= 15 is 0 Å². The Hall–Kier alpha value is -2.67. The van der Waals surface area contributed by atoms with E-state index in [9.17, 15) is 4.79 Å². The zero-order valence-corrected chi connectivity index (χ0v) is 14.6. The summed E-state index contributed by atoms with van der Waals surface area (Å²) in [5, 5.41) is 0.669. The van der Waals surface area contributed by atoms with Crippen molar-refractivity contribution in [1.29, 1.82) is 0 Å². The molecule has 0 unspecified atom stereocenters. The fraction of sp³-hybridized carbons (Fsp3) is 0.389. The van der Waals surface area contributed by atoms with E-state index in [1.807, 2.05) is 36.1 Å². The van der Waals surface area contributed by atoms with Gasteiger partial charge in [0.25, 0.3) is 5.56 Å². The molecule has 1 aromatic carbocycles. The lowest BCUT2D eigenvalue weighted by Gasteiger charge is -2.35. The Morgan fingerprint density at radius 3 is 2.56 bits per heavy atom. The van der Waals surface area contributed by atoms with Crippen LogP contribution in [-0.4, -0.2) is 50.2 Å². The molecule has 0 radical (unpaired) electrons. The Bertz CT molecular complexity index is 952. The molecule has 3 aromatic rings. The number of benzene rings is 1. The summed E-state index contributed by atoms with van der Waals surface area (Å²) >= 11 is 0. The molecule has 0 atom stereocenters. The number of piperazine rings is 1. The van der Waals surface area contributed by atoms with Crippen LogP contribution in [0.1, 0.15) is 5.69 Å². The maximum Gasteiger partial charge on any atom is 0.260 e. The second kappa shape index (κ2) is 6.33. The molecular formula is C18H22N6O. The van der Waals surface area contributed by atoms with Crippen molar-refractivity contribution in [2.45, 2.75) is 6.54 Å². The topological polar surface area (TPSA) is 59.2 Å². The number of hydrogen-bond donors (Lipinski definition) is 0. The quantitative estimate of drug-likeness (QED) is 0.713. The smallest absolute Gasteiger partial charge is 0.260 e. The summed E-state index contributed by atoms with van der Waals surface area (Å²) in [5.41, 5.74) is 3.00. The first-order chi connectivity index (χ1) is 12.1. The van der Waals surface area contributed by atoms with E-state index in [4.69, 9.17) is 0 Å². The van der Waals surface area contributed by atoms with Gasteiger partial charge < -0.3 is 14.0 Å². The van der Waals surface area contributed by atoms with E-state index in [-0.39, 0.29) is 5.56 Å². The summed E-state index contributed by atoms with van der Waals surface area (Å²) in [6.45, 7) is 4.81. The maximum atomic E-state index is 12.1. The summed E-state index contributed by atoms with van der Waals surface area (Å²) in [6.07, 6.45) is 5.50. The average Bonchev–Trinajstić information content (AvgIpc) is 3.03. The van der Waals surface area contributed by atoms with Crippen molar-refractivity contribution in [3.63, 3.8) is 0 Å². The number of aromatic nitrogens is 4. The Labute approximate surface area is 146 Å². The lowest BCUT2D eigenvalue weighted by atomic mass is 10.2. The molecule has 7 nitrogen and oxygen atoms in total. The van der Waals surface area contributed by atoms with Gasteiger partial charge in [-0.2, -0.15) is 0 Å². The van der Waals surface area contributed by atoms with Crippen LogP contribution in [0.15, 0.2) is 41.8 Å². The molecule has 0 bridgehead atoms. The van der Waals surface area contributed by atoms with E-state index in [0.29, 0.717) is 5.39 Å². The summed E-state index contributed by atoms with van der Waals surface area (Å²) < 4.78 is 3.50. The molecule has 7 heteroatoms. The molecule has 0 spiro atoms. The third-order valence-electron chi connectivity index (χ3n) is 4.78. The molecule has 1 saturated heterocycles. The van der Waals surface area contributed by atoms with Crippen LogP contribution in [0.4, 0.5) is 5.69 Å². The van der Waals surface area contributed by atoms with E-state index in [0.717, 1.165) is 49.6 Å². The van der Waals surface area contributed by atoms with Crippen LogP contribution in [0, 0.1) is 0 Å². The molecule has 2 aromatic heterocycles. The standard InChI is InChI=1S/C18H22N6O/c1-21-10-14(19-12-21)11-23-5-7-24(8-6-23)15-3-4-16-17(9-15)20-13-22(2)18(16)25/h3-4,9-10,12-13H,5-8,11H2,1-2H3. The molecule has 25 heavy (non-hydrogen) atoms. The molecule has 1 aliphatic rings. The van der Waals surface area contributed by atoms with Gasteiger partial charge in [-0.05, 0) is 18.2 Å². The molecular weight excluding hydrogens is 316 g/mol. The highest BCUT2D eigenvalue weighted by Gasteiger charge is 2.18. The van der Waals surface area contributed by atoms with Crippen LogP contribution in [-0.2, 0) is 20.6 Å². The molecule has 0 aliphatic carbocycles. The molecule has 1 fully saturated rings. The molecule has 3 heterocycles. The molecule has 0 saturated carbocycles. The molecule has 1 aliphatic heterocycles. The van der Waals surface area contributed by atoms with E-state index in [1.165, 1.54) is 4.57 Å². The minimum Gasteiger partial charge on any atom is -0.369 e. The summed E-state index contributed by atoms with van der Waals surface area (Å²) in [4.78, 5) is 25.7. The Balaban J connectivity index is 1.46. The summed E-state index contributed by atoms with van der Waals surface area (Å²) in [7, 11) is 3.72. The van der Waals surface area contributed by atoms with Gasteiger partial charge in [-0.1, -0.05) is 0 Å². The van der Waals surface area contributed by atoms with Crippen molar-refractivity contribution in [2.75, 3.05) is 31.1 Å². The highest BCUT2D eigenvalue weighted by molar-refractivity contribution is 5.81. The van der Waals surface area contributed by atoms with Gasteiger partial charge in [0.1, 0.15) is 0 Å². The van der Waals surface area contributed by atoms with Gasteiger partial charge in [-0.3, -0.25) is 9.69 Å². The largest absolute Gasteiger partial charge is 0.369 e. The van der Waals surface area contributed by atoms with Gasteiger partial charge in [0, 0.05) is 58.7 Å². The van der Waals surface area contributed by atoms with Crippen LogP contribution in [0.3, 0.4) is 0 Å². The molecule has 0 N–H and O–H groups in total. The van der Waals surface area contributed by atoms with Crippen LogP contribution in [0.5, 0.6) is 0 Å². The van der Waals surface area contributed by atoms with Crippen LogP contribution in [0.25, 0.3) is 10.9 Å². The first kappa shape index (κ1) is 15.8. The highest BCUT2D eigenvalue weighted by atomic mass is 16.1. The first-order valence-electron chi connectivity index (χ1n) is 8.50. The average molecular weight is 338 g/mol. The van der Waals surface area contributed by atoms with Crippen LogP contribution in [0.2, 0.25) is 0 Å². The number of anilines is 1. The summed E-state index contributed by atoms with van der Waals surface area (Å²) in [6, 6.07) is 5.94. The predicted octanol–water partition coefficient (Wildman–Crippen LogP) is 0.989. The third-order valence-corrected chi connectivity index (χ3v) is 4.78. The van der Waals surface area contributed by atoms with E-state index in [1.54, 1.807) is 13.4 Å². The molecule has 130 valence electrons. The van der Waals surface area contributed by atoms with Gasteiger partial charge in [-0.15, -0.1) is 0 Å². The number of aryl methyl sites for hydroxylation is 2. The van der Waals surface area contributed by atoms with Crippen LogP contribution >= 0.6 is 0 Å². The summed E-state index contributed by atoms with van der Waals surface area (Å²) in [5.74, 6) is 0. The Kier molecular flexibility index (Phi) is 4.01. The van der Waals surface area contributed by atoms with Crippen LogP contribution < -0.4 is 10.5 Å². The van der Waals surface area contributed by atoms with Gasteiger partial charge in [0.15, 0.2) is 0 Å². The van der Waals surface area contributed by atoms with Crippen molar-refractivity contribution < 1.29 is 0 Å². The Morgan fingerprint density at radius 2 is 1.84 bits per heavy atom. The zero-order chi connectivity index (χ0) is 17.4. The minimum atomic E-state index is -0.00303. The van der Waals surface area contributed by atoms with Crippen molar-refractivity contribution in [2.24, 2.45) is 14.1 Å². The zero-order valence-electron chi connectivity index (χ0n) is 14.6. The van der Waals surface area contributed by atoms with Crippen molar-refractivity contribution in [3.8, 4) is 0 Å². The highest BCUT2D eigenvalue weighted by Crippen LogP contribution is 2.20. The molecule has 4 rings (SSSR count). The lowest BCUT2D eigenvalue weighted by molar-refractivity contribution is 0.247. The van der Waals surface area contributed by atoms with Gasteiger partial charge in [0.2, 0.25) is 0 Å². The minimum absolute atomic E-state index is 0.00303. The maximum absolute atomic E-state index is 12.1. The normalized spacial score (nSPS) is 15.8.